The van der Waals surface area contributed by atoms with Gasteiger partial charge in [-0.2, -0.15) is 0 Å². The quantitative estimate of drug-likeness (QED) is 0.598. The van der Waals surface area contributed by atoms with E-state index in [1.54, 1.807) is 7.11 Å². The zero-order valence-electron chi connectivity index (χ0n) is 8.18. The number of hydrogen-bond acceptors (Lipinski definition) is 1. The van der Waals surface area contributed by atoms with Gasteiger partial charge in [0.25, 0.3) is 0 Å². The molecule has 1 nitrogen and oxygen atoms in total. The summed E-state index contributed by atoms with van der Waals surface area (Å²) in [6.07, 6.45) is 6.43. The molecular formula is C12H16O. The minimum atomic E-state index is 1.08. The average Bonchev–Trinajstić information content (AvgIpc) is 2.41. The molecular weight excluding hydrogens is 160 g/mol. The second-order valence-corrected chi connectivity index (χ2v) is 3.66. The Labute approximate surface area is 79.7 Å². The van der Waals surface area contributed by atoms with Crippen LogP contribution in [0.4, 0.5) is 0 Å². The number of aryl methyl sites for hydroxylation is 1. The lowest BCUT2D eigenvalue weighted by Crippen LogP contribution is -1.95. The Morgan fingerprint density at radius 1 is 1.08 bits per heavy atom. The monoisotopic (exact) mass is 176 g/mol. The molecule has 1 heteroatoms. The topological polar surface area (TPSA) is 9.23 Å². The summed E-state index contributed by atoms with van der Waals surface area (Å²) in [5.74, 6) is 1.08. The first kappa shape index (κ1) is 8.61. The molecule has 0 spiro atoms. The second kappa shape index (κ2) is 3.82. The largest absolute Gasteiger partial charge is 0.496 e. The lowest BCUT2D eigenvalue weighted by molar-refractivity contribution is 0.409. The zero-order chi connectivity index (χ0) is 9.10. The van der Waals surface area contributed by atoms with Crippen LogP contribution in [0.5, 0.6) is 5.75 Å². The molecule has 0 aromatic heterocycles. The SMILES string of the molecule is COc1cccc2c1CCCCC2. The number of hydrogen-bond donors (Lipinski definition) is 0. The molecule has 0 fully saturated rings. The van der Waals surface area contributed by atoms with Crippen molar-refractivity contribution >= 4 is 0 Å². The fourth-order valence-electron chi connectivity index (χ4n) is 2.11. The van der Waals surface area contributed by atoms with E-state index in [9.17, 15) is 0 Å². The van der Waals surface area contributed by atoms with Gasteiger partial charge in [-0.3, -0.25) is 0 Å². The lowest BCUT2D eigenvalue weighted by Gasteiger charge is -2.10. The standard InChI is InChI=1S/C12H16O/c1-13-12-9-5-7-10-6-3-2-4-8-11(10)12/h5,7,9H,2-4,6,8H2,1H3. The van der Waals surface area contributed by atoms with Gasteiger partial charge >= 0.3 is 0 Å². The van der Waals surface area contributed by atoms with Crippen molar-refractivity contribution in [2.45, 2.75) is 32.1 Å². The Bertz CT molecular complexity index is 291. The van der Waals surface area contributed by atoms with Crippen molar-refractivity contribution in [1.29, 1.82) is 0 Å². The van der Waals surface area contributed by atoms with Crippen molar-refractivity contribution < 1.29 is 4.74 Å². The maximum absolute atomic E-state index is 5.37. The van der Waals surface area contributed by atoms with Crippen molar-refractivity contribution in [3.8, 4) is 5.75 Å². The third kappa shape index (κ3) is 1.69. The van der Waals surface area contributed by atoms with E-state index in [1.807, 2.05) is 0 Å². The second-order valence-electron chi connectivity index (χ2n) is 3.66. The highest BCUT2D eigenvalue weighted by molar-refractivity contribution is 5.40. The summed E-state index contributed by atoms with van der Waals surface area (Å²) in [6, 6.07) is 6.41. The molecule has 1 aromatic rings. The van der Waals surface area contributed by atoms with Gasteiger partial charge in [0.1, 0.15) is 5.75 Å². The Morgan fingerprint density at radius 3 is 2.77 bits per heavy atom. The molecule has 1 aliphatic rings. The van der Waals surface area contributed by atoms with E-state index >= 15 is 0 Å². The molecule has 0 heterocycles. The average molecular weight is 176 g/mol. The summed E-state index contributed by atoms with van der Waals surface area (Å²) in [7, 11) is 1.76. The smallest absolute Gasteiger partial charge is 0.122 e. The van der Waals surface area contributed by atoms with E-state index in [4.69, 9.17) is 4.74 Å². The van der Waals surface area contributed by atoms with Crippen molar-refractivity contribution in [3.05, 3.63) is 29.3 Å². The van der Waals surface area contributed by atoms with E-state index in [1.165, 1.54) is 43.2 Å². The number of fused-ring (bicyclic) bond motifs is 1. The van der Waals surface area contributed by atoms with Crippen LogP contribution in [0.15, 0.2) is 18.2 Å². The summed E-state index contributed by atoms with van der Waals surface area (Å²) < 4.78 is 5.37. The van der Waals surface area contributed by atoms with Crippen LogP contribution in [0.25, 0.3) is 0 Å². The Kier molecular flexibility index (Phi) is 2.53. The molecule has 0 saturated carbocycles. The highest BCUT2D eigenvalue weighted by atomic mass is 16.5. The minimum Gasteiger partial charge on any atom is -0.496 e. The van der Waals surface area contributed by atoms with Gasteiger partial charge in [0.05, 0.1) is 7.11 Å². The molecule has 13 heavy (non-hydrogen) atoms. The van der Waals surface area contributed by atoms with Gasteiger partial charge in [0.15, 0.2) is 0 Å². The van der Waals surface area contributed by atoms with Crippen LogP contribution in [0, 0.1) is 0 Å². The summed E-state index contributed by atoms with van der Waals surface area (Å²) in [5.41, 5.74) is 2.94. The molecule has 70 valence electrons. The molecule has 2 rings (SSSR count). The molecule has 0 radical (unpaired) electrons. The number of benzene rings is 1. The fourth-order valence-corrected chi connectivity index (χ4v) is 2.11. The maximum atomic E-state index is 5.37. The third-order valence-corrected chi connectivity index (χ3v) is 2.82. The Balaban J connectivity index is 2.40. The summed E-state index contributed by atoms with van der Waals surface area (Å²) in [5, 5.41) is 0. The Morgan fingerprint density at radius 2 is 1.92 bits per heavy atom. The van der Waals surface area contributed by atoms with E-state index in [0.717, 1.165) is 5.75 Å². The predicted molar refractivity (Wildman–Crippen MR) is 54.3 cm³/mol. The van der Waals surface area contributed by atoms with E-state index in [2.05, 4.69) is 18.2 Å². The van der Waals surface area contributed by atoms with Gasteiger partial charge in [0, 0.05) is 0 Å². The molecule has 0 N–H and O–H groups in total. The first-order valence-electron chi connectivity index (χ1n) is 5.06. The van der Waals surface area contributed by atoms with Crippen LogP contribution in [0.1, 0.15) is 30.4 Å². The third-order valence-electron chi connectivity index (χ3n) is 2.82. The normalized spacial score (nSPS) is 16.1. The van der Waals surface area contributed by atoms with Gasteiger partial charge in [-0.05, 0) is 42.9 Å². The van der Waals surface area contributed by atoms with Gasteiger partial charge in [-0.1, -0.05) is 18.6 Å². The van der Waals surface area contributed by atoms with E-state index < -0.39 is 0 Å². The fraction of sp³-hybridized carbons (Fsp3) is 0.500. The molecule has 0 unspecified atom stereocenters. The van der Waals surface area contributed by atoms with Gasteiger partial charge in [0.2, 0.25) is 0 Å². The zero-order valence-corrected chi connectivity index (χ0v) is 8.18. The van der Waals surface area contributed by atoms with Gasteiger partial charge < -0.3 is 4.74 Å². The molecule has 0 atom stereocenters. The minimum absolute atomic E-state index is 1.08. The highest BCUT2D eigenvalue weighted by Gasteiger charge is 2.11. The van der Waals surface area contributed by atoms with Crippen molar-refractivity contribution in [1.82, 2.24) is 0 Å². The number of methoxy groups -OCH3 is 1. The summed E-state index contributed by atoms with van der Waals surface area (Å²) in [6.45, 7) is 0. The molecule has 1 aliphatic carbocycles. The molecule has 1 aromatic carbocycles. The first-order chi connectivity index (χ1) is 6.42. The Hall–Kier alpha value is -0.980. The van der Waals surface area contributed by atoms with Crippen LogP contribution >= 0.6 is 0 Å². The number of ether oxygens (including phenoxy) is 1. The van der Waals surface area contributed by atoms with Crippen LogP contribution in [-0.2, 0) is 12.8 Å². The van der Waals surface area contributed by atoms with Crippen molar-refractivity contribution in [3.63, 3.8) is 0 Å². The maximum Gasteiger partial charge on any atom is 0.122 e. The lowest BCUT2D eigenvalue weighted by atomic mass is 10.0. The predicted octanol–water partition coefficient (Wildman–Crippen LogP) is 2.96. The van der Waals surface area contributed by atoms with Gasteiger partial charge in [-0.25, -0.2) is 0 Å². The van der Waals surface area contributed by atoms with E-state index in [-0.39, 0.29) is 0 Å². The summed E-state index contributed by atoms with van der Waals surface area (Å²) >= 11 is 0. The molecule has 0 bridgehead atoms. The van der Waals surface area contributed by atoms with Gasteiger partial charge in [-0.15, -0.1) is 0 Å². The highest BCUT2D eigenvalue weighted by Crippen LogP contribution is 2.28. The van der Waals surface area contributed by atoms with Crippen molar-refractivity contribution in [2.24, 2.45) is 0 Å². The van der Waals surface area contributed by atoms with E-state index in [0.29, 0.717) is 0 Å². The van der Waals surface area contributed by atoms with Crippen LogP contribution in [-0.4, -0.2) is 7.11 Å². The van der Waals surface area contributed by atoms with Crippen LogP contribution < -0.4 is 4.74 Å². The molecule has 0 saturated heterocycles. The van der Waals surface area contributed by atoms with Crippen LogP contribution in [0.2, 0.25) is 0 Å². The van der Waals surface area contributed by atoms with Crippen LogP contribution in [0.3, 0.4) is 0 Å². The van der Waals surface area contributed by atoms with Crippen molar-refractivity contribution in [2.75, 3.05) is 7.11 Å². The molecule has 0 amide bonds. The summed E-state index contributed by atoms with van der Waals surface area (Å²) in [4.78, 5) is 0. The number of rotatable bonds is 1. The molecule has 0 aliphatic heterocycles. The first-order valence-corrected chi connectivity index (χ1v) is 5.06.